The molecule has 1 saturated heterocycles. The molecule has 0 saturated carbocycles. The van der Waals surface area contributed by atoms with Crippen molar-refractivity contribution in [1.29, 1.82) is 0 Å². The molecule has 0 spiro atoms. The zero-order chi connectivity index (χ0) is 12.8. The molecule has 18 heavy (non-hydrogen) atoms. The molecule has 4 heteroatoms. The Morgan fingerprint density at radius 3 is 2.78 bits per heavy atom. The van der Waals surface area contributed by atoms with Crippen molar-refractivity contribution in [2.24, 2.45) is 0 Å². The summed E-state index contributed by atoms with van der Waals surface area (Å²) in [5, 5.41) is 3.55. The molecule has 0 radical (unpaired) electrons. The van der Waals surface area contributed by atoms with Gasteiger partial charge in [0, 0.05) is 38.2 Å². The van der Waals surface area contributed by atoms with Gasteiger partial charge in [-0.3, -0.25) is 0 Å². The summed E-state index contributed by atoms with van der Waals surface area (Å²) < 4.78 is 11.4. The number of hydrogen-bond acceptors (Lipinski definition) is 4. The van der Waals surface area contributed by atoms with Crippen molar-refractivity contribution in [2.45, 2.75) is 32.1 Å². The highest BCUT2D eigenvalue weighted by Crippen LogP contribution is 2.40. The number of likely N-dealkylation sites (N-methyl/N-ethyl adjacent to an activating group) is 1. The van der Waals surface area contributed by atoms with Crippen LogP contribution in [0.3, 0.4) is 0 Å². The molecule has 0 aliphatic carbocycles. The maximum atomic E-state index is 5.75. The van der Waals surface area contributed by atoms with Crippen LogP contribution < -0.4 is 14.8 Å². The lowest BCUT2D eigenvalue weighted by molar-refractivity contribution is -0.0431. The minimum atomic E-state index is -0.547. The first-order valence-electron chi connectivity index (χ1n) is 6.49. The Morgan fingerprint density at radius 1 is 1.28 bits per heavy atom. The second kappa shape index (κ2) is 4.05. The van der Waals surface area contributed by atoms with Crippen LogP contribution >= 0.6 is 0 Å². The number of nitrogens with zero attached hydrogens (tertiary/aromatic N) is 1. The van der Waals surface area contributed by atoms with Crippen molar-refractivity contribution in [1.82, 2.24) is 4.90 Å². The van der Waals surface area contributed by atoms with E-state index in [0.717, 1.165) is 30.3 Å². The third-order valence-electron chi connectivity index (χ3n) is 3.42. The van der Waals surface area contributed by atoms with Gasteiger partial charge in [-0.15, -0.1) is 0 Å². The first kappa shape index (κ1) is 11.7. The largest absolute Gasteiger partial charge is 0.449 e. The minimum Gasteiger partial charge on any atom is -0.449 e. The molecule has 1 atom stereocenters. The smallest absolute Gasteiger partial charge is 0.246 e. The van der Waals surface area contributed by atoms with Crippen LogP contribution in [0.15, 0.2) is 18.2 Å². The number of nitrogens with one attached hydrogen (secondary N) is 1. The fraction of sp³-hybridized carbons (Fsp3) is 0.571. The van der Waals surface area contributed by atoms with Crippen molar-refractivity contribution >= 4 is 5.69 Å². The van der Waals surface area contributed by atoms with Gasteiger partial charge in [-0.2, -0.15) is 0 Å². The van der Waals surface area contributed by atoms with Crippen LogP contribution in [0.2, 0.25) is 0 Å². The van der Waals surface area contributed by atoms with Crippen LogP contribution in [0.25, 0.3) is 0 Å². The lowest BCUT2D eigenvalue weighted by Gasteiger charge is -2.16. The van der Waals surface area contributed by atoms with Gasteiger partial charge in [-0.05, 0) is 32.1 Å². The molecule has 1 unspecified atom stereocenters. The molecule has 0 bridgehead atoms. The van der Waals surface area contributed by atoms with E-state index in [9.17, 15) is 0 Å². The Morgan fingerprint density at radius 2 is 2.06 bits per heavy atom. The molecule has 0 amide bonds. The van der Waals surface area contributed by atoms with Crippen molar-refractivity contribution in [3.05, 3.63) is 18.2 Å². The molecular weight excluding hydrogens is 228 g/mol. The van der Waals surface area contributed by atoms with Crippen LogP contribution in [0.4, 0.5) is 5.69 Å². The van der Waals surface area contributed by atoms with Crippen molar-refractivity contribution in [3.63, 3.8) is 0 Å². The molecule has 2 aliphatic heterocycles. The molecule has 1 aromatic rings. The highest BCUT2D eigenvalue weighted by atomic mass is 16.7. The summed E-state index contributed by atoms with van der Waals surface area (Å²) in [5.41, 5.74) is 1.11. The normalized spacial score (nSPS) is 25.4. The third kappa shape index (κ3) is 2.25. The lowest BCUT2D eigenvalue weighted by Crippen LogP contribution is -2.29. The van der Waals surface area contributed by atoms with E-state index >= 15 is 0 Å². The van der Waals surface area contributed by atoms with Crippen LogP contribution in [-0.4, -0.2) is 36.9 Å². The quantitative estimate of drug-likeness (QED) is 0.871. The predicted octanol–water partition coefficient (Wildman–Crippen LogP) is 2.31. The van der Waals surface area contributed by atoms with E-state index in [1.165, 1.54) is 6.42 Å². The van der Waals surface area contributed by atoms with E-state index in [1.807, 2.05) is 26.0 Å². The van der Waals surface area contributed by atoms with Gasteiger partial charge in [0.2, 0.25) is 5.79 Å². The van der Waals surface area contributed by atoms with Gasteiger partial charge in [0.1, 0.15) is 0 Å². The standard InChI is InChI=1S/C14H20N2O2/c1-14(2)17-12-5-4-10(8-13(12)18-14)15-11-6-7-16(3)9-11/h4-5,8,11,15H,6-7,9H2,1-3H3. The maximum Gasteiger partial charge on any atom is 0.246 e. The lowest BCUT2D eigenvalue weighted by atomic mass is 10.2. The zero-order valence-corrected chi connectivity index (χ0v) is 11.2. The number of anilines is 1. The summed E-state index contributed by atoms with van der Waals surface area (Å²) in [6.07, 6.45) is 1.19. The number of benzene rings is 1. The topological polar surface area (TPSA) is 33.7 Å². The van der Waals surface area contributed by atoms with Gasteiger partial charge in [-0.1, -0.05) is 0 Å². The second-order valence-electron chi connectivity index (χ2n) is 5.66. The molecule has 4 nitrogen and oxygen atoms in total. The fourth-order valence-corrected chi connectivity index (χ4v) is 2.60. The zero-order valence-electron chi connectivity index (χ0n) is 11.2. The van der Waals surface area contributed by atoms with E-state index in [0.29, 0.717) is 6.04 Å². The highest BCUT2D eigenvalue weighted by Gasteiger charge is 2.31. The van der Waals surface area contributed by atoms with Gasteiger partial charge in [0.05, 0.1) is 0 Å². The summed E-state index contributed by atoms with van der Waals surface area (Å²) in [6.45, 7) is 6.10. The number of rotatable bonds is 2. The summed E-state index contributed by atoms with van der Waals surface area (Å²) in [7, 11) is 2.16. The average Bonchev–Trinajstić information content (AvgIpc) is 2.80. The Labute approximate surface area is 108 Å². The molecule has 0 aromatic heterocycles. The summed E-state index contributed by atoms with van der Waals surface area (Å²) in [4.78, 5) is 2.34. The minimum absolute atomic E-state index is 0.531. The Hall–Kier alpha value is -1.42. The van der Waals surface area contributed by atoms with E-state index in [1.54, 1.807) is 0 Å². The monoisotopic (exact) mass is 248 g/mol. The Balaban J connectivity index is 1.72. The SMILES string of the molecule is CN1CCC(Nc2ccc3c(c2)OC(C)(C)O3)C1. The Bertz CT molecular complexity index is 459. The maximum absolute atomic E-state index is 5.75. The van der Waals surface area contributed by atoms with E-state index < -0.39 is 5.79 Å². The van der Waals surface area contributed by atoms with Crippen LogP contribution in [0.1, 0.15) is 20.3 Å². The van der Waals surface area contributed by atoms with E-state index in [4.69, 9.17) is 9.47 Å². The fourth-order valence-electron chi connectivity index (χ4n) is 2.60. The number of hydrogen-bond donors (Lipinski definition) is 1. The molecule has 2 heterocycles. The molecular formula is C14H20N2O2. The molecule has 2 aliphatic rings. The first-order valence-corrected chi connectivity index (χ1v) is 6.49. The van der Waals surface area contributed by atoms with Gasteiger partial charge in [0.15, 0.2) is 11.5 Å². The molecule has 1 fully saturated rings. The Kier molecular flexibility index (Phi) is 2.63. The van der Waals surface area contributed by atoms with Gasteiger partial charge >= 0.3 is 0 Å². The number of fused-ring (bicyclic) bond motifs is 1. The summed E-state index contributed by atoms with van der Waals surface area (Å²) in [6, 6.07) is 6.60. The predicted molar refractivity (Wildman–Crippen MR) is 71.3 cm³/mol. The summed E-state index contributed by atoms with van der Waals surface area (Å²) >= 11 is 0. The molecule has 1 N–H and O–H groups in total. The van der Waals surface area contributed by atoms with Crippen LogP contribution in [0, 0.1) is 0 Å². The number of likely N-dealkylation sites (tertiary alicyclic amines) is 1. The van der Waals surface area contributed by atoms with E-state index in [2.05, 4.69) is 23.3 Å². The van der Waals surface area contributed by atoms with Gasteiger partial charge in [-0.25, -0.2) is 0 Å². The number of ether oxygens (including phenoxy) is 2. The van der Waals surface area contributed by atoms with Gasteiger partial charge < -0.3 is 19.7 Å². The van der Waals surface area contributed by atoms with Crippen LogP contribution in [-0.2, 0) is 0 Å². The molecule has 3 rings (SSSR count). The average molecular weight is 248 g/mol. The highest BCUT2D eigenvalue weighted by molar-refractivity contribution is 5.56. The first-order chi connectivity index (χ1) is 8.52. The van der Waals surface area contributed by atoms with Crippen molar-refractivity contribution < 1.29 is 9.47 Å². The van der Waals surface area contributed by atoms with Crippen LogP contribution in [0.5, 0.6) is 11.5 Å². The van der Waals surface area contributed by atoms with E-state index in [-0.39, 0.29) is 0 Å². The van der Waals surface area contributed by atoms with Crippen molar-refractivity contribution in [3.8, 4) is 11.5 Å². The second-order valence-corrected chi connectivity index (χ2v) is 5.66. The molecule has 98 valence electrons. The van der Waals surface area contributed by atoms with Crippen molar-refractivity contribution in [2.75, 3.05) is 25.5 Å². The van der Waals surface area contributed by atoms with Gasteiger partial charge in [0.25, 0.3) is 0 Å². The molecule has 1 aromatic carbocycles. The summed E-state index contributed by atoms with van der Waals surface area (Å²) in [5.74, 6) is 1.11. The third-order valence-corrected chi connectivity index (χ3v) is 3.42.